The Labute approximate surface area is 171 Å². The van der Waals surface area contributed by atoms with Crippen LogP contribution in [0.4, 0.5) is 4.39 Å². The van der Waals surface area contributed by atoms with E-state index in [0.29, 0.717) is 17.3 Å². The Morgan fingerprint density at radius 1 is 1.18 bits per heavy atom. The zero-order chi connectivity index (χ0) is 20.9. The number of rotatable bonds is 11. The van der Waals surface area contributed by atoms with Crippen LogP contribution in [0.5, 0.6) is 0 Å². The van der Waals surface area contributed by atoms with Crippen molar-refractivity contribution >= 4 is 24.9 Å². The van der Waals surface area contributed by atoms with Gasteiger partial charge in [-0.25, -0.2) is 4.39 Å². The maximum atomic E-state index is 13.3. The molecular formula is C20H30BClFNO4. The second-order valence-corrected chi connectivity index (χ2v) is 8.07. The smallest absolute Gasteiger partial charge is 0.427 e. The van der Waals surface area contributed by atoms with E-state index in [1.807, 2.05) is 6.07 Å². The molecule has 1 saturated carbocycles. The number of hydrogen-bond acceptors (Lipinski definition) is 5. The van der Waals surface area contributed by atoms with Crippen LogP contribution in [0.3, 0.4) is 0 Å². The van der Waals surface area contributed by atoms with Gasteiger partial charge in [0.05, 0.1) is 0 Å². The van der Waals surface area contributed by atoms with E-state index in [-0.39, 0.29) is 18.0 Å². The Morgan fingerprint density at radius 2 is 1.86 bits per heavy atom. The molecule has 1 aromatic rings. The summed E-state index contributed by atoms with van der Waals surface area (Å²) in [6.45, 7) is 0. The molecule has 1 fully saturated rings. The van der Waals surface area contributed by atoms with Gasteiger partial charge in [-0.15, -0.1) is 0 Å². The second kappa shape index (κ2) is 13.9. The summed E-state index contributed by atoms with van der Waals surface area (Å²) in [6, 6.07) is 5.01. The van der Waals surface area contributed by atoms with Crippen molar-refractivity contribution in [2.45, 2.75) is 70.1 Å². The standard InChI is InChI=1S/C19H30BClFNO2.CO2/c21-17-11-15(12-18(22)13-17)6-2-1-5-14-9-16(10-14)19(23)7-3-4-8-20(24)25;2-1-3/h11-14,16,19,24-25H,1-10,23H2;. The summed E-state index contributed by atoms with van der Waals surface area (Å²) in [5.74, 6) is 1.16. The summed E-state index contributed by atoms with van der Waals surface area (Å²) in [5, 5.41) is 18.1. The first-order valence-electron chi connectivity index (χ1n) is 9.91. The largest absolute Gasteiger partial charge is 0.451 e. The van der Waals surface area contributed by atoms with Crippen molar-refractivity contribution in [2.24, 2.45) is 17.6 Å². The van der Waals surface area contributed by atoms with Gasteiger partial charge in [-0.05, 0) is 74.0 Å². The monoisotopic (exact) mass is 413 g/mol. The molecule has 8 heteroatoms. The SMILES string of the molecule is NC(CCCCB(O)O)C1CC(CCCCc2cc(F)cc(Cl)c2)C1.O=C=O. The zero-order valence-corrected chi connectivity index (χ0v) is 16.9. The van der Waals surface area contributed by atoms with Crippen LogP contribution < -0.4 is 5.73 Å². The molecule has 0 aromatic heterocycles. The minimum Gasteiger partial charge on any atom is -0.427 e. The topological polar surface area (TPSA) is 101 Å². The van der Waals surface area contributed by atoms with E-state index in [2.05, 4.69) is 0 Å². The van der Waals surface area contributed by atoms with Gasteiger partial charge in [-0.2, -0.15) is 9.59 Å². The second-order valence-electron chi connectivity index (χ2n) is 7.63. The first kappa shape index (κ1) is 24.8. The summed E-state index contributed by atoms with van der Waals surface area (Å²) >= 11 is 5.87. The van der Waals surface area contributed by atoms with Crippen LogP contribution in [-0.2, 0) is 16.0 Å². The Bertz CT molecular complexity index is 588. The number of unbranched alkanes of at least 4 members (excludes halogenated alkanes) is 2. The third-order valence-corrected chi connectivity index (χ3v) is 5.60. The number of hydrogen-bond donors (Lipinski definition) is 3. The van der Waals surface area contributed by atoms with Gasteiger partial charge in [0.25, 0.3) is 0 Å². The van der Waals surface area contributed by atoms with Gasteiger partial charge in [0.15, 0.2) is 0 Å². The van der Waals surface area contributed by atoms with Gasteiger partial charge in [0.1, 0.15) is 5.82 Å². The lowest BCUT2D eigenvalue weighted by atomic mass is 9.68. The molecule has 1 unspecified atom stereocenters. The molecule has 0 radical (unpaired) electrons. The first-order valence-corrected chi connectivity index (χ1v) is 10.3. The third-order valence-electron chi connectivity index (χ3n) is 5.38. The molecule has 1 aliphatic rings. The lowest BCUT2D eigenvalue weighted by molar-refractivity contribution is -0.191. The van der Waals surface area contributed by atoms with Gasteiger partial charge >= 0.3 is 13.3 Å². The van der Waals surface area contributed by atoms with E-state index >= 15 is 0 Å². The third kappa shape index (κ3) is 10.3. The number of halogens is 2. The summed E-state index contributed by atoms with van der Waals surface area (Å²) in [5.41, 5.74) is 7.22. The van der Waals surface area contributed by atoms with Crippen LogP contribution >= 0.6 is 11.6 Å². The predicted octanol–water partition coefficient (Wildman–Crippen LogP) is 3.61. The summed E-state index contributed by atoms with van der Waals surface area (Å²) in [6.07, 6.45) is 10.2. The van der Waals surface area contributed by atoms with E-state index in [0.717, 1.165) is 50.0 Å². The van der Waals surface area contributed by atoms with Crippen LogP contribution in [0, 0.1) is 17.7 Å². The molecule has 1 atom stereocenters. The highest BCUT2D eigenvalue weighted by Gasteiger charge is 2.32. The number of benzene rings is 1. The van der Waals surface area contributed by atoms with Crippen molar-refractivity contribution in [1.82, 2.24) is 0 Å². The van der Waals surface area contributed by atoms with Crippen molar-refractivity contribution in [3.8, 4) is 0 Å². The summed E-state index contributed by atoms with van der Waals surface area (Å²) in [4.78, 5) is 16.2. The fourth-order valence-electron chi connectivity index (χ4n) is 3.83. The van der Waals surface area contributed by atoms with Crippen molar-refractivity contribution in [2.75, 3.05) is 0 Å². The molecule has 2 rings (SSSR count). The van der Waals surface area contributed by atoms with Crippen molar-refractivity contribution in [3.05, 3.63) is 34.6 Å². The molecule has 28 heavy (non-hydrogen) atoms. The molecule has 156 valence electrons. The molecule has 0 heterocycles. The number of carbonyl (C=O) groups excluding carboxylic acids is 2. The quantitative estimate of drug-likeness (QED) is 0.380. The Morgan fingerprint density at radius 3 is 2.46 bits per heavy atom. The van der Waals surface area contributed by atoms with Gasteiger partial charge in [-0.1, -0.05) is 37.3 Å². The van der Waals surface area contributed by atoms with Crippen LogP contribution in [0.25, 0.3) is 0 Å². The fourth-order valence-corrected chi connectivity index (χ4v) is 4.08. The maximum Gasteiger partial charge on any atom is 0.451 e. The van der Waals surface area contributed by atoms with Crippen molar-refractivity contribution < 1.29 is 24.0 Å². The summed E-state index contributed by atoms with van der Waals surface area (Å²) < 4.78 is 13.3. The Kier molecular flexibility index (Phi) is 12.3. The molecule has 0 saturated heterocycles. The van der Waals surface area contributed by atoms with Crippen LogP contribution in [0.2, 0.25) is 11.3 Å². The highest BCUT2D eigenvalue weighted by Crippen LogP contribution is 2.39. The molecular weight excluding hydrogens is 383 g/mol. The Balaban J connectivity index is 0.00000122. The fraction of sp³-hybridized carbons (Fsp3) is 0.650. The number of aryl methyl sites for hydroxylation is 1. The minimum atomic E-state index is -1.19. The van der Waals surface area contributed by atoms with Gasteiger partial charge in [-0.3, -0.25) is 0 Å². The molecule has 1 aliphatic carbocycles. The minimum absolute atomic E-state index is 0.250. The van der Waals surface area contributed by atoms with Gasteiger partial charge in [0, 0.05) is 11.1 Å². The molecule has 0 aliphatic heterocycles. The highest BCUT2D eigenvalue weighted by atomic mass is 35.5. The Hall–Kier alpha value is -1.24. The molecule has 4 N–H and O–H groups in total. The van der Waals surface area contributed by atoms with Gasteiger partial charge < -0.3 is 15.8 Å². The van der Waals surface area contributed by atoms with Crippen LogP contribution in [-0.4, -0.2) is 29.4 Å². The van der Waals surface area contributed by atoms with E-state index in [9.17, 15) is 4.39 Å². The average molecular weight is 414 g/mol. The van der Waals surface area contributed by atoms with Crippen LogP contribution in [0.15, 0.2) is 18.2 Å². The molecule has 0 spiro atoms. The molecule has 1 aromatic carbocycles. The van der Waals surface area contributed by atoms with Crippen molar-refractivity contribution in [3.63, 3.8) is 0 Å². The zero-order valence-electron chi connectivity index (χ0n) is 16.2. The lowest BCUT2D eigenvalue weighted by Crippen LogP contribution is -2.39. The summed E-state index contributed by atoms with van der Waals surface area (Å²) in [7, 11) is -1.19. The van der Waals surface area contributed by atoms with Gasteiger partial charge in [0.2, 0.25) is 0 Å². The average Bonchev–Trinajstić information content (AvgIpc) is 2.56. The van der Waals surface area contributed by atoms with Crippen molar-refractivity contribution in [1.29, 1.82) is 0 Å². The van der Waals surface area contributed by atoms with E-state index in [1.165, 1.54) is 25.3 Å². The molecule has 5 nitrogen and oxygen atoms in total. The van der Waals surface area contributed by atoms with E-state index in [4.69, 9.17) is 37.0 Å². The predicted molar refractivity (Wildman–Crippen MR) is 107 cm³/mol. The normalized spacial score (nSPS) is 19.0. The molecule has 0 amide bonds. The number of nitrogens with two attached hydrogens (primary N) is 1. The highest BCUT2D eigenvalue weighted by molar-refractivity contribution is 6.40. The van der Waals surface area contributed by atoms with E-state index < -0.39 is 7.12 Å². The first-order chi connectivity index (χ1) is 13.3. The van der Waals surface area contributed by atoms with Crippen LogP contribution in [0.1, 0.15) is 56.9 Å². The molecule has 0 bridgehead atoms. The maximum absolute atomic E-state index is 13.3. The lowest BCUT2D eigenvalue weighted by Gasteiger charge is -2.39. The van der Waals surface area contributed by atoms with E-state index in [1.54, 1.807) is 6.07 Å².